The largest absolute Gasteiger partial charge is 0.462 e. The number of likely N-dealkylation sites (N-methyl/N-ethyl adjacent to an activating group) is 1. The maximum Gasteiger partial charge on any atom is 0.309 e. The highest BCUT2D eigenvalue weighted by atomic mass is 16.7. The maximum absolute atomic E-state index is 13.7. The zero-order valence-electron chi connectivity index (χ0n) is 40.4. The molecule has 0 saturated carbocycles. The molecule has 2 fully saturated rings. The van der Waals surface area contributed by atoms with E-state index in [9.17, 15) is 34.5 Å². The van der Waals surface area contributed by atoms with Crippen molar-refractivity contribution in [2.24, 2.45) is 11.8 Å². The Morgan fingerprint density at radius 2 is 1.65 bits per heavy atom. The lowest BCUT2D eigenvalue weighted by Crippen LogP contribution is -2.66. The number of aldehydes is 1. The second-order valence-corrected chi connectivity index (χ2v) is 18.6. The molecular formula is C50H77NO15. The number of carbonyl (C=O) groups is 4. The molecule has 3 aliphatic heterocycles. The lowest BCUT2D eigenvalue weighted by atomic mass is 9.82. The third-order valence-electron chi connectivity index (χ3n) is 12.8. The van der Waals surface area contributed by atoms with E-state index in [0.29, 0.717) is 12.8 Å². The van der Waals surface area contributed by atoms with E-state index in [2.05, 4.69) is 12.1 Å². The molecule has 16 heteroatoms. The highest BCUT2D eigenvalue weighted by Gasteiger charge is 2.53. The van der Waals surface area contributed by atoms with E-state index in [-0.39, 0.29) is 32.1 Å². The molecule has 372 valence electrons. The number of aryl methyl sites for hydroxylation is 1. The number of cyclic esters (lactones) is 1. The van der Waals surface area contributed by atoms with E-state index in [0.717, 1.165) is 25.5 Å². The van der Waals surface area contributed by atoms with Gasteiger partial charge in [0.15, 0.2) is 18.7 Å². The molecule has 0 aliphatic carbocycles. The summed E-state index contributed by atoms with van der Waals surface area (Å²) in [7, 11) is 4.91. The van der Waals surface area contributed by atoms with E-state index >= 15 is 0 Å². The minimum absolute atomic E-state index is 0.0477. The van der Waals surface area contributed by atoms with Crippen LogP contribution >= 0.6 is 0 Å². The van der Waals surface area contributed by atoms with Gasteiger partial charge in [-0.15, -0.1) is 0 Å². The van der Waals surface area contributed by atoms with Gasteiger partial charge in [0.2, 0.25) is 0 Å². The number of carbonyl (C=O) groups excluding carboxylic acids is 4. The molecule has 4 rings (SSSR count). The average molecular weight is 932 g/mol. The summed E-state index contributed by atoms with van der Waals surface area (Å²) in [5.41, 5.74) is -0.290. The van der Waals surface area contributed by atoms with E-state index in [4.69, 9.17) is 37.9 Å². The molecule has 66 heavy (non-hydrogen) atoms. The fourth-order valence-electron chi connectivity index (χ4n) is 9.21. The van der Waals surface area contributed by atoms with Crippen LogP contribution in [0.5, 0.6) is 0 Å². The van der Waals surface area contributed by atoms with Crippen molar-refractivity contribution in [1.82, 2.24) is 4.90 Å². The molecule has 16 atom stereocenters. The van der Waals surface area contributed by atoms with Crippen LogP contribution in [-0.4, -0.2) is 151 Å². The van der Waals surface area contributed by atoms with Crippen molar-refractivity contribution in [1.29, 1.82) is 0 Å². The Morgan fingerprint density at radius 3 is 2.30 bits per heavy atom. The van der Waals surface area contributed by atoms with Gasteiger partial charge >= 0.3 is 17.9 Å². The Morgan fingerprint density at radius 1 is 0.924 bits per heavy atom. The third-order valence-corrected chi connectivity index (χ3v) is 12.8. The van der Waals surface area contributed by atoms with Gasteiger partial charge in [0.05, 0.1) is 36.9 Å². The molecule has 0 unspecified atom stereocenters. The van der Waals surface area contributed by atoms with Crippen molar-refractivity contribution < 1.29 is 72.4 Å². The SMILES string of the molecule is CCC(=O)O[C@H]1[C@H](C)O[C@@H](O[C@H]2[C@H](N(C)C)[C@@H](O)[C@H](O[C@H]3[C@@H](CC=O)C[C@@H](C)[C@@H](O)/C=C/C=C/C[C@@H](C)OC(=O)C[C@H](OC(=O)CCCCCc4ccccc4)[C@@H]3OC)O[C@@H]2C)C[C@@]1(C)O. The van der Waals surface area contributed by atoms with Gasteiger partial charge in [0.25, 0.3) is 0 Å². The van der Waals surface area contributed by atoms with E-state index in [1.54, 1.807) is 71.8 Å². The molecule has 3 N–H and O–H groups in total. The van der Waals surface area contributed by atoms with Crippen molar-refractivity contribution in [2.75, 3.05) is 21.2 Å². The van der Waals surface area contributed by atoms with Crippen LogP contribution in [0.4, 0.5) is 0 Å². The van der Waals surface area contributed by atoms with Gasteiger partial charge < -0.3 is 62.9 Å². The van der Waals surface area contributed by atoms with Crippen LogP contribution in [0.2, 0.25) is 0 Å². The van der Waals surface area contributed by atoms with Gasteiger partial charge in [-0.05, 0) is 84.9 Å². The van der Waals surface area contributed by atoms with E-state index in [1.807, 2.05) is 31.2 Å². The number of aliphatic hydroxyl groups is 3. The zero-order chi connectivity index (χ0) is 48.6. The van der Waals surface area contributed by atoms with Crippen LogP contribution in [0, 0.1) is 11.8 Å². The minimum Gasteiger partial charge on any atom is -0.462 e. The van der Waals surface area contributed by atoms with Gasteiger partial charge in [-0.3, -0.25) is 14.4 Å². The van der Waals surface area contributed by atoms with E-state index < -0.39 is 121 Å². The van der Waals surface area contributed by atoms with Gasteiger partial charge in [0, 0.05) is 39.2 Å². The zero-order valence-corrected chi connectivity index (χ0v) is 40.4. The molecule has 2 saturated heterocycles. The van der Waals surface area contributed by atoms with Crippen LogP contribution in [0.15, 0.2) is 54.6 Å². The summed E-state index contributed by atoms with van der Waals surface area (Å²) in [6.07, 6.45) is -1.08. The second-order valence-electron chi connectivity index (χ2n) is 18.6. The summed E-state index contributed by atoms with van der Waals surface area (Å²) in [6.45, 7) is 10.2. The molecule has 0 aromatic heterocycles. The first-order valence-corrected chi connectivity index (χ1v) is 23.7. The molecule has 0 spiro atoms. The molecule has 0 amide bonds. The highest BCUT2D eigenvalue weighted by molar-refractivity contribution is 5.73. The average Bonchev–Trinajstić information content (AvgIpc) is 3.25. The first-order valence-electron chi connectivity index (χ1n) is 23.7. The number of hydrogen-bond acceptors (Lipinski definition) is 16. The lowest BCUT2D eigenvalue weighted by Gasteiger charge is -2.50. The molecule has 0 bridgehead atoms. The first-order chi connectivity index (χ1) is 31.4. The van der Waals surface area contributed by atoms with Gasteiger partial charge in [0.1, 0.15) is 42.4 Å². The van der Waals surface area contributed by atoms with Gasteiger partial charge in [-0.25, -0.2) is 0 Å². The fraction of sp³-hybridized carbons (Fsp3) is 0.720. The molecule has 1 aromatic carbocycles. The number of methoxy groups -OCH3 is 1. The van der Waals surface area contributed by atoms with Crippen molar-refractivity contribution in [3.05, 3.63) is 60.2 Å². The van der Waals surface area contributed by atoms with Crippen LogP contribution in [0.1, 0.15) is 111 Å². The number of allylic oxidation sites excluding steroid dienone is 2. The summed E-state index contributed by atoms with van der Waals surface area (Å²) >= 11 is 0. The summed E-state index contributed by atoms with van der Waals surface area (Å²) in [4.78, 5) is 53.8. The summed E-state index contributed by atoms with van der Waals surface area (Å²) in [5.74, 6) is -2.79. The summed E-state index contributed by atoms with van der Waals surface area (Å²) in [6, 6.07) is 9.29. The standard InChI is InChI=1S/C50H77NO15/c1-10-39(54)64-48-34(5)61-42(30-50(48,6)58)65-45-33(4)62-49(44(57)43(45)51(7)8)66-46-36(26-27-52)28-31(2)37(53)24-18-11-14-20-32(3)60-41(56)29-38(47(46)59-9)63-40(55)25-19-13-17-23-35-21-15-12-16-22-35/h11-12,14-16,18,21-22,24,27,31-34,36-38,42-49,53,57-58H,10,13,17,19-20,23,25-26,28-30H2,1-9H3/b14-11+,24-18+/t31-,32-,33-,34+,36+,37+,38+,42+,43-,44-,45-,46+,47+,48+,49+,50-/m1/s1. The number of benzene rings is 1. The van der Waals surface area contributed by atoms with Crippen molar-refractivity contribution in [3.63, 3.8) is 0 Å². The Hall–Kier alpha value is -3.58. The molecule has 3 aliphatic rings. The van der Waals surface area contributed by atoms with Crippen LogP contribution in [0.25, 0.3) is 0 Å². The van der Waals surface area contributed by atoms with Crippen LogP contribution in [-0.2, 0) is 63.5 Å². The number of esters is 3. The summed E-state index contributed by atoms with van der Waals surface area (Å²) < 4.78 is 49.5. The van der Waals surface area contributed by atoms with Gasteiger partial charge in [-0.1, -0.05) is 74.9 Å². The quantitative estimate of drug-likeness (QED) is 0.0799. The monoisotopic (exact) mass is 932 g/mol. The predicted molar refractivity (Wildman–Crippen MR) is 244 cm³/mol. The van der Waals surface area contributed by atoms with Crippen molar-refractivity contribution in [3.8, 4) is 0 Å². The number of nitrogens with zero attached hydrogens (tertiary/aromatic N) is 1. The molecule has 1 aromatic rings. The number of rotatable bonds is 17. The Labute approximate surface area is 391 Å². The molecule has 16 nitrogen and oxygen atoms in total. The van der Waals surface area contributed by atoms with Crippen LogP contribution in [0.3, 0.4) is 0 Å². The Kier molecular flexibility index (Phi) is 22.4. The molecule has 3 heterocycles. The normalized spacial score (nSPS) is 37.0. The smallest absolute Gasteiger partial charge is 0.309 e. The molecular weight excluding hydrogens is 855 g/mol. The summed E-state index contributed by atoms with van der Waals surface area (Å²) in [5, 5.41) is 34.9. The first kappa shape index (κ1) is 55.0. The minimum atomic E-state index is -1.50. The van der Waals surface area contributed by atoms with Crippen molar-refractivity contribution in [2.45, 2.75) is 197 Å². The number of hydrogen-bond donors (Lipinski definition) is 3. The maximum atomic E-state index is 13.7. The lowest BCUT2D eigenvalue weighted by molar-refractivity contribution is -0.344. The second kappa shape index (κ2) is 26.8. The highest BCUT2D eigenvalue weighted by Crippen LogP contribution is 2.38. The topological polar surface area (TPSA) is 206 Å². The Balaban J connectivity index is 1.65. The van der Waals surface area contributed by atoms with Crippen molar-refractivity contribution >= 4 is 24.2 Å². The Bertz CT molecular complexity index is 1710. The third kappa shape index (κ3) is 16.3. The number of unbranched alkanes of at least 4 members (excludes halogenated alkanes) is 2. The molecule has 0 radical (unpaired) electrons. The van der Waals surface area contributed by atoms with E-state index in [1.165, 1.54) is 12.7 Å². The number of ether oxygens (including phenoxy) is 8. The van der Waals surface area contributed by atoms with Gasteiger partial charge in [-0.2, -0.15) is 0 Å². The van der Waals surface area contributed by atoms with Crippen LogP contribution < -0.4 is 0 Å². The fourth-order valence-corrected chi connectivity index (χ4v) is 9.21. The number of aliphatic hydroxyl groups excluding tert-OH is 2. The predicted octanol–water partition coefficient (Wildman–Crippen LogP) is 5.16.